The molecule has 0 spiro atoms. The summed E-state index contributed by atoms with van der Waals surface area (Å²) in [7, 11) is -4.92. The lowest BCUT2D eigenvalue weighted by Gasteiger charge is -2.15. The molecule has 1 aromatic heterocycles. The van der Waals surface area contributed by atoms with Gasteiger partial charge in [0.15, 0.2) is 5.16 Å². The molecular weight excluding hydrogens is 286 g/mol. The predicted molar refractivity (Wildman–Crippen MR) is 81.2 cm³/mol. The monoisotopic (exact) mass is 306 g/mol. The minimum absolute atomic E-state index is 0.550. The van der Waals surface area contributed by atoms with Crippen molar-refractivity contribution in [3.63, 3.8) is 0 Å². The van der Waals surface area contributed by atoms with Gasteiger partial charge in [-0.05, 0) is 25.7 Å². The second kappa shape index (κ2) is 5.90. The molecule has 0 aromatic carbocycles. The molecule has 0 saturated carbocycles. The molecule has 0 amide bonds. The minimum Gasteiger partial charge on any atom is -0.317 e. The third kappa shape index (κ3) is 3.46. The lowest BCUT2D eigenvalue weighted by Crippen LogP contribution is -2.22. The van der Waals surface area contributed by atoms with Gasteiger partial charge in [-0.3, -0.25) is 0 Å². The van der Waals surface area contributed by atoms with Crippen molar-refractivity contribution < 1.29 is 9.13 Å². The van der Waals surface area contributed by atoms with E-state index in [9.17, 15) is 9.13 Å². The standard InChI is InChI=1S/C11H20N2O2P2S/c1-6-16(3,14)9-8-10(17(4,15)7-2)13-11(12-9)18-5/h8H,6-7H2,1-5H3. The summed E-state index contributed by atoms with van der Waals surface area (Å²) in [5.41, 5.74) is 1.10. The summed E-state index contributed by atoms with van der Waals surface area (Å²) in [6, 6.07) is 1.67. The first-order chi connectivity index (χ1) is 8.26. The largest absolute Gasteiger partial charge is 0.317 e. The maximum Gasteiger partial charge on any atom is 0.188 e. The van der Waals surface area contributed by atoms with E-state index in [1.165, 1.54) is 11.8 Å². The van der Waals surface area contributed by atoms with E-state index in [0.29, 0.717) is 28.4 Å². The van der Waals surface area contributed by atoms with Gasteiger partial charge in [-0.15, -0.1) is 0 Å². The van der Waals surface area contributed by atoms with Crippen LogP contribution in [0.3, 0.4) is 0 Å². The van der Waals surface area contributed by atoms with Crippen molar-refractivity contribution in [2.45, 2.75) is 19.0 Å². The maximum atomic E-state index is 12.4. The number of nitrogens with zero attached hydrogens (tertiary/aromatic N) is 2. The van der Waals surface area contributed by atoms with Crippen LogP contribution >= 0.6 is 26.0 Å². The average molecular weight is 306 g/mol. The molecule has 0 bridgehead atoms. The van der Waals surface area contributed by atoms with Crippen LogP contribution in [0.2, 0.25) is 0 Å². The summed E-state index contributed by atoms with van der Waals surface area (Å²) < 4.78 is 24.9. The molecule has 0 aliphatic rings. The van der Waals surface area contributed by atoms with E-state index in [1.54, 1.807) is 19.4 Å². The summed E-state index contributed by atoms with van der Waals surface area (Å²) >= 11 is 1.39. The van der Waals surface area contributed by atoms with Crippen LogP contribution in [0.5, 0.6) is 0 Å². The Morgan fingerprint density at radius 2 is 1.44 bits per heavy atom. The Labute approximate surface area is 113 Å². The molecule has 2 unspecified atom stereocenters. The highest BCUT2D eigenvalue weighted by atomic mass is 32.2. The smallest absolute Gasteiger partial charge is 0.188 e. The van der Waals surface area contributed by atoms with Gasteiger partial charge >= 0.3 is 0 Å². The SMILES string of the molecule is CCP(C)(=O)c1cc(P(C)(=O)CC)nc(SC)n1. The summed E-state index contributed by atoms with van der Waals surface area (Å²) in [4.78, 5) is 8.62. The predicted octanol–water partition coefficient (Wildman–Crippen LogP) is 2.47. The van der Waals surface area contributed by atoms with Crippen molar-refractivity contribution in [1.82, 2.24) is 9.97 Å². The molecule has 102 valence electrons. The van der Waals surface area contributed by atoms with E-state index in [1.807, 2.05) is 20.1 Å². The first-order valence-electron chi connectivity index (χ1n) is 5.84. The first-order valence-corrected chi connectivity index (χ1v) is 11.7. The lowest BCUT2D eigenvalue weighted by molar-refractivity contribution is 0.584. The van der Waals surface area contributed by atoms with Gasteiger partial charge < -0.3 is 9.13 Å². The van der Waals surface area contributed by atoms with Crippen molar-refractivity contribution in [1.29, 1.82) is 0 Å². The summed E-state index contributed by atoms with van der Waals surface area (Å²) in [5.74, 6) is 0. The Hall–Kier alpha value is -0.110. The van der Waals surface area contributed by atoms with Gasteiger partial charge in [0.05, 0.1) is 0 Å². The number of aromatic nitrogens is 2. The zero-order chi connectivity index (χ0) is 14.0. The van der Waals surface area contributed by atoms with Gasteiger partial charge in [-0.25, -0.2) is 9.97 Å². The molecular formula is C11H20N2O2P2S. The van der Waals surface area contributed by atoms with Crippen LogP contribution in [-0.2, 0) is 9.13 Å². The van der Waals surface area contributed by atoms with Crippen molar-refractivity contribution in [2.24, 2.45) is 0 Å². The molecule has 0 aliphatic heterocycles. The zero-order valence-corrected chi connectivity index (χ0v) is 14.1. The van der Waals surface area contributed by atoms with Crippen molar-refractivity contribution in [3.8, 4) is 0 Å². The van der Waals surface area contributed by atoms with Gasteiger partial charge in [-0.1, -0.05) is 25.6 Å². The molecule has 2 atom stereocenters. The zero-order valence-electron chi connectivity index (χ0n) is 11.5. The average Bonchev–Trinajstić information content (AvgIpc) is 2.38. The fraction of sp³-hybridized carbons (Fsp3) is 0.636. The second-order valence-electron chi connectivity index (χ2n) is 4.41. The third-order valence-electron chi connectivity index (χ3n) is 3.04. The fourth-order valence-electron chi connectivity index (χ4n) is 1.30. The van der Waals surface area contributed by atoms with Crippen molar-refractivity contribution >= 4 is 36.9 Å². The molecule has 1 aromatic rings. The normalized spacial score (nSPS) is 18.1. The van der Waals surface area contributed by atoms with Crippen LogP contribution in [-0.4, -0.2) is 41.9 Å². The summed E-state index contributed by atoms with van der Waals surface area (Å²) in [5, 5.41) is 0.550. The van der Waals surface area contributed by atoms with Gasteiger partial charge in [0.1, 0.15) is 25.2 Å². The number of thioether (sulfide) groups is 1. The summed E-state index contributed by atoms with van der Waals surface area (Å²) in [6.07, 6.45) is 2.97. The quantitative estimate of drug-likeness (QED) is 0.475. The first kappa shape index (κ1) is 15.9. The van der Waals surface area contributed by atoms with Crippen LogP contribution in [0.1, 0.15) is 13.8 Å². The fourth-order valence-corrected chi connectivity index (χ4v) is 3.97. The Balaban J connectivity index is 3.45. The number of hydrogen-bond acceptors (Lipinski definition) is 5. The Morgan fingerprint density at radius 1 is 1.06 bits per heavy atom. The van der Waals surface area contributed by atoms with Gasteiger partial charge in [0, 0.05) is 12.3 Å². The van der Waals surface area contributed by atoms with Crippen molar-refractivity contribution in [2.75, 3.05) is 31.9 Å². The van der Waals surface area contributed by atoms with Crippen LogP contribution in [0.15, 0.2) is 11.2 Å². The topological polar surface area (TPSA) is 59.9 Å². The molecule has 0 saturated heterocycles. The highest BCUT2D eigenvalue weighted by molar-refractivity contribution is 7.98. The van der Waals surface area contributed by atoms with Crippen LogP contribution < -0.4 is 10.9 Å². The van der Waals surface area contributed by atoms with E-state index < -0.39 is 14.3 Å². The molecule has 0 fully saturated rings. The van der Waals surface area contributed by atoms with Crippen LogP contribution in [0.25, 0.3) is 0 Å². The molecule has 7 heteroatoms. The van der Waals surface area contributed by atoms with Gasteiger partial charge in [0.2, 0.25) is 0 Å². The van der Waals surface area contributed by atoms with E-state index in [2.05, 4.69) is 9.97 Å². The molecule has 18 heavy (non-hydrogen) atoms. The Bertz CT molecular complexity index is 492. The van der Waals surface area contributed by atoms with Crippen LogP contribution in [0, 0.1) is 0 Å². The van der Waals surface area contributed by atoms with Crippen molar-refractivity contribution in [3.05, 3.63) is 6.07 Å². The second-order valence-corrected chi connectivity index (χ2v) is 11.8. The van der Waals surface area contributed by atoms with E-state index in [-0.39, 0.29) is 0 Å². The third-order valence-corrected chi connectivity index (χ3v) is 8.40. The molecule has 0 radical (unpaired) electrons. The van der Waals surface area contributed by atoms with E-state index >= 15 is 0 Å². The number of hydrogen-bond donors (Lipinski definition) is 0. The van der Waals surface area contributed by atoms with Gasteiger partial charge in [-0.2, -0.15) is 0 Å². The molecule has 1 rings (SSSR count). The Morgan fingerprint density at radius 3 is 1.72 bits per heavy atom. The highest BCUT2D eigenvalue weighted by Gasteiger charge is 2.24. The van der Waals surface area contributed by atoms with E-state index in [0.717, 1.165) is 0 Å². The molecule has 4 nitrogen and oxygen atoms in total. The summed E-state index contributed by atoms with van der Waals surface area (Å²) in [6.45, 7) is 7.20. The van der Waals surface area contributed by atoms with Gasteiger partial charge in [0.25, 0.3) is 0 Å². The molecule has 0 aliphatic carbocycles. The van der Waals surface area contributed by atoms with Crippen LogP contribution in [0.4, 0.5) is 0 Å². The highest BCUT2D eigenvalue weighted by Crippen LogP contribution is 2.42. The van der Waals surface area contributed by atoms with E-state index in [4.69, 9.17) is 0 Å². The number of rotatable bonds is 5. The lowest BCUT2D eigenvalue weighted by atomic mass is 10.7. The maximum absolute atomic E-state index is 12.4. The molecule has 1 heterocycles. The Kier molecular flexibility index (Phi) is 5.22. The molecule has 0 N–H and O–H groups in total. The minimum atomic E-state index is -2.46.